The summed E-state index contributed by atoms with van der Waals surface area (Å²) in [6.45, 7) is 14.1. The quantitative estimate of drug-likeness (QED) is 0.212. The Hall–Kier alpha value is -2.09. The van der Waals surface area contributed by atoms with Gasteiger partial charge in [0.25, 0.3) is 6.47 Å². The first-order chi connectivity index (χ1) is 18.1. The van der Waals surface area contributed by atoms with Gasteiger partial charge < -0.3 is 19.7 Å². The van der Waals surface area contributed by atoms with Gasteiger partial charge in [0, 0.05) is 43.6 Å². The number of carbonyl (C=O) groups is 1. The number of phenols is 1. The number of β-amino-alcohol motifs (C(OH)–C–C–N with tert-alkyl or cyclic N) is 1. The van der Waals surface area contributed by atoms with Crippen molar-refractivity contribution in [3.63, 3.8) is 0 Å². The Kier molecular flexibility index (Phi) is 9.11. The van der Waals surface area contributed by atoms with E-state index < -0.39 is 6.10 Å². The van der Waals surface area contributed by atoms with E-state index >= 15 is 0 Å². The number of unbranched alkanes of at least 4 members (excludes halogenated alkanes) is 3. The zero-order valence-electron chi connectivity index (χ0n) is 24.0. The van der Waals surface area contributed by atoms with E-state index in [2.05, 4.69) is 57.0 Å². The standard InChI is InChI=1S/C31H48N2O5/c1-6-7-8-9-12-30(2,3)22-16-25(35)29-23-15-21(10-11-24(23)31(4,5)38-27(29)17-22)26(36)18-33-14-13-32-28(19-33)37-20-34/h10,16-17,20,23-24,26,28,32,35-36H,6-9,11-15,18-19H2,1-5H3/t23?,24-,26?,28?/m1/s1. The van der Waals surface area contributed by atoms with Crippen LogP contribution in [-0.4, -0.2) is 65.7 Å². The fraction of sp³-hybridized carbons (Fsp3) is 0.710. The number of carbonyl (C=O) groups excluding carboxylic acids is 1. The number of hydrogen-bond acceptors (Lipinski definition) is 7. The number of piperazine rings is 1. The number of aliphatic hydroxyl groups excluding tert-OH is 1. The maximum absolute atomic E-state index is 11.4. The largest absolute Gasteiger partial charge is 0.508 e. The van der Waals surface area contributed by atoms with Crippen LogP contribution in [0.4, 0.5) is 0 Å². The van der Waals surface area contributed by atoms with Crippen LogP contribution in [0.5, 0.6) is 11.5 Å². The average molecular weight is 529 g/mol. The molecule has 1 saturated heterocycles. The van der Waals surface area contributed by atoms with E-state index in [-0.39, 0.29) is 29.1 Å². The number of rotatable bonds is 11. The van der Waals surface area contributed by atoms with Crippen molar-refractivity contribution < 1.29 is 24.5 Å². The van der Waals surface area contributed by atoms with Gasteiger partial charge >= 0.3 is 0 Å². The minimum absolute atomic E-state index is 0.0485. The molecule has 38 heavy (non-hydrogen) atoms. The summed E-state index contributed by atoms with van der Waals surface area (Å²) in [5, 5.41) is 25.7. The second kappa shape index (κ2) is 12.0. The van der Waals surface area contributed by atoms with Crippen molar-refractivity contribution in [2.75, 3.05) is 26.2 Å². The summed E-state index contributed by atoms with van der Waals surface area (Å²) < 4.78 is 11.7. The zero-order valence-corrected chi connectivity index (χ0v) is 24.0. The Bertz CT molecular complexity index is 1000. The molecule has 212 valence electrons. The van der Waals surface area contributed by atoms with E-state index in [1.807, 2.05) is 6.07 Å². The van der Waals surface area contributed by atoms with Gasteiger partial charge in [-0.05, 0) is 61.8 Å². The summed E-state index contributed by atoms with van der Waals surface area (Å²) >= 11 is 0. The van der Waals surface area contributed by atoms with Gasteiger partial charge in [0.15, 0.2) is 6.23 Å². The highest BCUT2D eigenvalue weighted by atomic mass is 16.5. The zero-order chi connectivity index (χ0) is 27.5. The van der Waals surface area contributed by atoms with Crippen LogP contribution in [0.3, 0.4) is 0 Å². The van der Waals surface area contributed by atoms with Crippen LogP contribution in [0, 0.1) is 5.92 Å². The van der Waals surface area contributed by atoms with E-state index in [9.17, 15) is 15.0 Å². The molecule has 3 aliphatic rings. The molecule has 3 N–H and O–H groups in total. The van der Waals surface area contributed by atoms with E-state index in [1.54, 1.807) is 0 Å². The van der Waals surface area contributed by atoms with Gasteiger partial charge in [-0.3, -0.25) is 15.0 Å². The van der Waals surface area contributed by atoms with Crippen molar-refractivity contribution in [1.29, 1.82) is 0 Å². The number of allylic oxidation sites excluding steroid dienone is 1. The molecule has 4 atom stereocenters. The molecule has 3 unspecified atom stereocenters. The normalized spacial score (nSPS) is 25.9. The van der Waals surface area contributed by atoms with E-state index in [1.165, 1.54) is 25.7 Å². The summed E-state index contributed by atoms with van der Waals surface area (Å²) in [5.41, 5.74) is 2.60. The third-order valence-corrected chi connectivity index (χ3v) is 9.07. The summed E-state index contributed by atoms with van der Waals surface area (Å²) in [5.74, 6) is 1.41. The van der Waals surface area contributed by atoms with Crippen LogP contribution in [0.15, 0.2) is 23.8 Å². The van der Waals surface area contributed by atoms with Crippen LogP contribution < -0.4 is 10.1 Å². The van der Waals surface area contributed by atoms with Crippen molar-refractivity contribution >= 4 is 6.47 Å². The van der Waals surface area contributed by atoms with Crippen molar-refractivity contribution in [2.45, 2.75) is 109 Å². The minimum Gasteiger partial charge on any atom is -0.508 e. The molecule has 7 nitrogen and oxygen atoms in total. The van der Waals surface area contributed by atoms with Crippen molar-refractivity contribution in [1.82, 2.24) is 10.2 Å². The Balaban J connectivity index is 1.52. The van der Waals surface area contributed by atoms with Gasteiger partial charge in [-0.25, -0.2) is 0 Å². The van der Waals surface area contributed by atoms with Gasteiger partial charge in [-0.15, -0.1) is 0 Å². The van der Waals surface area contributed by atoms with Crippen LogP contribution >= 0.6 is 0 Å². The molecule has 0 saturated carbocycles. The lowest BCUT2D eigenvalue weighted by atomic mass is 9.66. The average Bonchev–Trinajstić information content (AvgIpc) is 2.86. The fourth-order valence-corrected chi connectivity index (χ4v) is 6.68. The van der Waals surface area contributed by atoms with Gasteiger partial charge in [0.05, 0.1) is 6.10 Å². The van der Waals surface area contributed by atoms with Crippen LogP contribution in [0.25, 0.3) is 0 Å². The number of ether oxygens (including phenoxy) is 2. The fourth-order valence-electron chi connectivity index (χ4n) is 6.68. The Morgan fingerprint density at radius 2 is 2.08 bits per heavy atom. The molecule has 1 aromatic rings. The third-order valence-electron chi connectivity index (χ3n) is 9.07. The van der Waals surface area contributed by atoms with E-state index in [0.29, 0.717) is 38.3 Å². The topological polar surface area (TPSA) is 91.3 Å². The van der Waals surface area contributed by atoms with E-state index in [4.69, 9.17) is 9.47 Å². The monoisotopic (exact) mass is 528 g/mol. The second-order valence-corrected chi connectivity index (χ2v) is 12.7. The Labute approximate surface area is 228 Å². The number of benzene rings is 1. The molecule has 0 bridgehead atoms. The molecule has 2 aliphatic heterocycles. The van der Waals surface area contributed by atoms with Crippen molar-refractivity contribution in [2.24, 2.45) is 5.92 Å². The first-order valence-corrected chi connectivity index (χ1v) is 14.5. The first kappa shape index (κ1) is 28.9. The summed E-state index contributed by atoms with van der Waals surface area (Å²) in [4.78, 5) is 12.9. The molecular weight excluding hydrogens is 480 g/mol. The summed E-state index contributed by atoms with van der Waals surface area (Å²) in [7, 11) is 0. The molecule has 0 spiro atoms. The van der Waals surface area contributed by atoms with E-state index in [0.717, 1.165) is 41.8 Å². The second-order valence-electron chi connectivity index (χ2n) is 12.7. The predicted octanol–water partition coefficient (Wildman–Crippen LogP) is 5.00. The van der Waals surface area contributed by atoms with Gasteiger partial charge in [0.2, 0.25) is 0 Å². The highest BCUT2D eigenvalue weighted by Gasteiger charge is 2.47. The van der Waals surface area contributed by atoms with Crippen LogP contribution in [0.1, 0.15) is 96.6 Å². The minimum atomic E-state index is -0.608. The highest BCUT2D eigenvalue weighted by molar-refractivity contribution is 5.54. The maximum Gasteiger partial charge on any atom is 0.294 e. The molecule has 1 aliphatic carbocycles. The maximum atomic E-state index is 11.4. The molecule has 0 aromatic heterocycles. The van der Waals surface area contributed by atoms with Gasteiger partial charge in [-0.1, -0.05) is 52.5 Å². The summed E-state index contributed by atoms with van der Waals surface area (Å²) in [6.07, 6.45) is 8.68. The lowest BCUT2D eigenvalue weighted by molar-refractivity contribution is -0.137. The van der Waals surface area contributed by atoms with Gasteiger partial charge in [0.1, 0.15) is 17.1 Å². The number of aromatic hydroxyl groups is 1. The Morgan fingerprint density at radius 1 is 1.29 bits per heavy atom. The van der Waals surface area contributed by atoms with Crippen molar-refractivity contribution in [3.8, 4) is 11.5 Å². The lowest BCUT2D eigenvalue weighted by Gasteiger charge is -2.48. The molecule has 0 amide bonds. The Morgan fingerprint density at radius 3 is 2.82 bits per heavy atom. The molecule has 1 aromatic carbocycles. The number of nitrogens with zero attached hydrogens (tertiary/aromatic N) is 1. The van der Waals surface area contributed by atoms with Crippen molar-refractivity contribution in [3.05, 3.63) is 34.9 Å². The SMILES string of the molecule is CCCCCCC(C)(C)c1cc(O)c2c(c1)OC(C)(C)[C@@H]1CC=C(C(O)CN3CCNC(OC=O)C3)CC21. The molecule has 4 rings (SSSR count). The smallest absolute Gasteiger partial charge is 0.294 e. The number of fused-ring (bicyclic) bond motifs is 3. The molecule has 2 heterocycles. The third kappa shape index (κ3) is 6.37. The number of nitrogens with one attached hydrogen (secondary N) is 1. The summed E-state index contributed by atoms with van der Waals surface area (Å²) in [6, 6.07) is 4.12. The molecule has 1 fully saturated rings. The molecule has 0 radical (unpaired) electrons. The van der Waals surface area contributed by atoms with Crippen LogP contribution in [-0.2, 0) is 14.9 Å². The lowest BCUT2D eigenvalue weighted by Crippen LogP contribution is -2.53. The molecular formula is C31H48N2O5. The highest BCUT2D eigenvalue weighted by Crippen LogP contribution is 2.55. The molecule has 7 heteroatoms. The van der Waals surface area contributed by atoms with Crippen LogP contribution in [0.2, 0.25) is 0 Å². The predicted molar refractivity (Wildman–Crippen MR) is 150 cm³/mol. The first-order valence-electron chi connectivity index (χ1n) is 14.5. The number of hydrogen-bond donors (Lipinski definition) is 3. The van der Waals surface area contributed by atoms with Gasteiger partial charge in [-0.2, -0.15) is 0 Å². The number of phenolic OH excluding ortho intramolecular Hbond substituents is 1. The number of aliphatic hydroxyl groups is 1.